The smallest absolute Gasteiger partial charge is 0.140 e. The van der Waals surface area contributed by atoms with Crippen molar-refractivity contribution in [2.24, 2.45) is 0 Å². The Balaban J connectivity index is 0.000000223. The van der Waals surface area contributed by atoms with Crippen LogP contribution in [-0.2, 0) is 0 Å². The topological polar surface area (TPSA) is 12.0 Å². The average Bonchev–Trinajstić information content (AvgIpc) is 2.37. The van der Waals surface area contributed by atoms with Gasteiger partial charge in [-0.15, -0.1) is 0 Å². The van der Waals surface area contributed by atoms with Crippen LogP contribution in [0.5, 0.6) is 0 Å². The summed E-state index contributed by atoms with van der Waals surface area (Å²) >= 11 is 1.74. The molecule has 0 aliphatic heterocycles. The largest absolute Gasteiger partial charge is 0.312 e. The SMILES string of the molecule is Bc1ccsc1.CC(C)NC(C)C. The minimum Gasteiger partial charge on any atom is -0.312 e. The first-order chi connectivity index (χ1) is 6.02. The van der Waals surface area contributed by atoms with E-state index in [-0.39, 0.29) is 0 Å². The van der Waals surface area contributed by atoms with Gasteiger partial charge in [0.15, 0.2) is 0 Å². The first-order valence-corrected chi connectivity index (χ1v) is 5.71. The Hall–Kier alpha value is -0.275. The van der Waals surface area contributed by atoms with Gasteiger partial charge in [0.05, 0.1) is 0 Å². The summed E-state index contributed by atoms with van der Waals surface area (Å²) in [6, 6.07) is 3.35. The average molecular weight is 197 g/mol. The van der Waals surface area contributed by atoms with E-state index < -0.39 is 0 Å². The molecule has 0 saturated heterocycles. The van der Waals surface area contributed by atoms with Crippen molar-refractivity contribution in [3.05, 3.63) is 16.8 Å². The number of nitrogens with one attached hydrogen (secondary N) is 1. The third-order valence-corrected chi connectivity index (χ3v) is 2.13. The van der Waals surface area contributed by atoms with Crippen molar-refractivity contribution < 1.29 is 0 Å². The van der Waals surface area contributed by atoms with Crippen LogP contribution in [0.2, 0.25) is 0 Å². The molecule has 0 aromatic carbocycles. The van der Waals surface area contributed by atoms with Gasteiger partial charge in [-0.25, -0.2) is 0 Å². The van der Waals surface area contributed by atoms with Gasteiger partial charge in [0.1, 0.15) is 7.85 Å². The number of hydrogen-bond acceptors (Lipinski definition) is 2. The highest BCUT2D eigenvalue weighted by Crippen LogP contribution is 1.88. The van der Waals surface area contributed by atoms with E-state index in [0.29, 0.717) is 12.1 Å². The summed E-state index contributed by atoms with van der Waals surface area (Å²) in [6.45, 7) is 8.61. The molecule has 0 fully saturated rings. The van der Waals surface area contributed by atoms with Gasteiger partial charge < -0.3 is 5.32 Å². The molecule has 1 heterocycles. The first-order valence-electron chi connectivity index (χ1n) is 4.77. The van der Waals surface area contributed by atoms with E-state index in [4.69, 9.17) is 0 Å². The van der Waals surface area contributed by atoms with Gasteiger partial charge in [-0.1, -0.05) is 39.2 Å². The first kappa shape index (κ1) is 12.7. The lowest BCUT2D eigenvalue weighted by Gasteiger charge is -2.10. The quantitative estimate of drug-likeness (QED) is 0.706. The van der Waals surface area contributed by atoms with Crippen molar-refractivity contribution in [3.63, 3.8) is 0 Å². The molecular formula is C10H20BNS. The van der Waals surface area contributed by atoms with Crippen molar-refractivity contribution in [1.29, 1.82) is 0 Å². The van der Waals surface area contributed by atoms with Gasteiger partial charge >= 0.3 is 0 Å². The normalized spacial score (nSPS) is 10.0. The maximum absolute atomic E-state index is 3.31. The second-order valence-corrected chi connectivity index (χ2v) is 4.56. The molecule has 0 spiro atoms. The summed E-state index contributed by atoms with van der Waals surface area (Å²) in [4.78, 5) is 0. The molecule has 0 unspecified atom stereocenters. The van der Waals surface area contributed by atoms with Crippen LogP contribution in [0.1, 0.15) is 27.7 Å². The van der Waals surface area contributed by atoms with Crippen LogP contribution in [-0.4, -0.2) is 19.9 Å². The highest BCUT2D eigenvalue weighted by Gasteiger charge is 1.92. The summed E-state index contributed by atoms with van der Waals surface area (Å²) in [6.07, 6.45) is 0. The Labute approximate surface area is 87.0 Å². The lowest BCUT2D eigenvalue weighted by atomic mass is 10.0. The monoisotopic (exact) mass is 197 g/mol. The molecule has 0 radical (unpaired) electrons. The van der Waals surface area contributed by atoms with Crippen LogP contribution in [0, 0.1) is 0 Å². The summed E-state index contributed by atoms with van der Waals surface area (Å²) in [5.74, 6) is 0. The Morgan fingerprint density at radius 2 is 1.77 bits per heavy atom. The lowest BCUT2D eigenvalue weighted by Crippen LogP contribution is -2.29. The Kier molecular flexibility index (Phi) is 7.01. The fourth-order valence-electron chi connectivity index (χ4n) is 0.999. The van der Waals surface area contributed by atoms with E-state index in [9.17, 15) is 0 Å². The van der Waals surface area contributed by atoms with Crippen molar-refractivity contribution in [3.8, 4) is 0 Å². The molecule has 1 aromatic heterocycles. The molecule has 3 heteroatoms. The molecule has 0 aliphatic rings. The third kappa shape index (κ3) is 9.64. The minimum absolute atomic E-state index is 0.625. The fourth-order valence-corrected chi connectivity index (χ4v) is 1.66. The van der Waals surface area contributed by atoms with E-state index >= 15 is 0 Å². The molecule has 0 amide bonds. The van der Waals surface area contributed by atoms with E-state index in [1.54, 1.807) is 11.3 Å². The van der Waals surface area contributed by atoms with Crippen LogP contribution in [0.15, 0.2) is 16.8 Å². The van der Waals surface area contributed by atoms with E-state index in [1.807, 2.05) is 0 Å². The summed E-state index contributed by atoms with van der Waals surface area (Å²) < 4.78 is 0. The molecule has 1 aromatic rings. The lowest BCUT2D eigenvalue weighted by molar-refractivity contribution is 0.518. The molecular weight excluding hydrogens is 177 g/mol. The second kappa shape index (κ2) is 7.16. The predicted octanol–water partition coefficient (Wildman–Crippen LogP) is 1.40. The van der Waals surface area contributed by atoms with Crippen LogP contribution < -0.4 is 10.8 Å². The zero-order valence-electron chi connectivity index (χ0n) is 9.29. The molecule has 1 nitrogen and oxygen atoms in total. The third-order valence-electron chi connectivity index (χ3n) is 1.33. The summed E-state index contributed by atoms with van der Waals surface area (Å²) in [7, 11) is 2.09. The van der Waals surface area contributed by atoms with Gasteiger partial charge in [0.2, 0.25) is 0 Å². The van der Waals surface area contributed by atoms with E-state index in [2.05, 4.69) is 57.7 Å². The van der Waals surface area contributed by atoms with Crippen LogP contribution in [0.3, 0.4) is 0 Å². The zero-order valence-corrected chi connectivity index (χ0v) is 10.1. The minimum atomic E-state index is 0.625. The highest BCUT2D eigenvalue weighted by atomic mass is 32.1. The fraction of sp³-hybridized carbons (Fsp3) is 0.600. The van der Waals surface area contributed by atoms with E-state index in [0.717, 1.165) is 0 Å². The highest BCUT2D eigenvalue weighted by molar-refractivity contribution is 7.08. The molecule has 74 valence electrons. The van der Waals surface area contributed by atoms with Crippen molar-refractivity contribution in [1.82, 2.24) is 5.32 Å². The molecule has 0 saturated carbocycles. The van der Waals surface area contributed by atoms with Gasteiger partial charge in [-0.05, 0) is 10.8 Å². The molecule has 0 bridgehead atoms. The maximum atomic E-state index is 3.31. The molecule has 13 heavy (non-hydrogen) atoms. The molecule has 1 rings (SSSR count). The number of thiophene rings is 1. The number of rotatable bonds is 2. The van der Waals surface area contributed by atoms with Crippen molar-refractivity contribution >= 4 is 24.6 Å². The van der Waals surface area contributed by atoms with Crippen molar-refractivity contribution in [2.75, 3.05) is 0 Å². The Morgan fingerprint density at radius 3 is 1.85 bits per heavy atom. The standard InChI is InChI=1S/C6H15N.C4H5BS/c1-5(2)7-6(3)4;5-4-1-2-6-3-4/h5-7H,1-4H3;1-3H,5H2. The molecule has 0 atom stereocenters. The van der Waals surface area contributed by atoms with Crippen LogP contribution >= 0.6 is 11.3 Å². The zero-order chi connectivity index (χ0) is 10.3. The molecule has 0 aliphatic carbocycles. The Morgan fingerprint density at radius 1 is 1.23 bits per heavy atom. The van der Waals surface area contributed by atoms with E-state index in [1.165, 1.54) is 5.46 Å². The second-order valence-electron chi connectivity index (χ2n) is 3.78. The predicted molar refractivity (Wildman–Crippen MR) is 65.9 cm³/mol. The van der Waals surface area contributed by atoms with Gasteiger partial charge in [0.25, 0.3) is 0 Å². The Bertz CT molecular complexity index is 189. The van der Waals surface area contributed by atoms with Crippen LogP contribution in [0.25, 0.3) is 0 Å². The molecule has 1 N–H and O–H groups in total. The summed E-state index contributed by atoms with van der Waals surface area (Å²) in [5, 5.41) is 7.51. The summed E-state index contributed by atoms with van der Waals surface area (Å²) in [5.41, 5.74) is 1.36. The van der Waals surface area contributed by atoms with Crippen molar-refractivity contribution in [2.45, 2.75) is 39.8 Å². The van der Waals surface area contributed by atoms with Crippen LogP contribution in [0.4, 0.5) is 0 Å². The maximum Gasteiger partial charge on any atom is 0.140 e. The van der Waals surface area contributed by atoms with Gasteiger partial charge in [0, 0.05) is 12.1 Å². The van der Waals surface area contributed by atoms with Gasteiger partial charge in [-0.3, -0.25) is 0 Å². The number of hydrogen-bond donors (Lipinski definition) is 1. The van der Waals surface area contributed by atoms with Gasteiger partial charge in [-0.2, -0.15) is 11.3 Å².